The normalized spacial score (nSPS) is 10.2. The molecule has 2 aromatic carbocycles. The number of benzene rings is 2. The Hall–Kier alpha value is -2.53. The van der Waals surface area contributed by atoms with E-state index in [4.69, 9.17) is 21.8 Å². The third-order valence-corrected chi connectivity index (χ3v) is 3.09. The summed E-state index contributed by atoms with van der Waals surface area (Å²) in [6, 6.07) is 8.38. The molecule has 0 spiro atoms. The molecule has 102 valence electrons. The van der Waals surface area contributed by atoms with E-state index >= 15 is 0 Å². The van der Waals surface area contributed by atoms with E-state index < -0.39 is 11.9 Å². The lowest BCUT2D eigenvalue weighted by atomic mass is 10.0. The van der Waals surface area contributed by atoms with Crippen LogP contribution in [0.1, 0.15) is 20.7 Å². The first-order valence-electron chi connectivity index (χ1n) is 5.49. The highest BCUT2D eigenvalue weighted by Crippen LogP contribution is 2.29. The van der Waals surface area contributed by atoms with Gasteiger partial charge in [-0.15, -0.1) is 0 Å². The summed E-state index contributed by atoms with van der Waals surface area (Å²) in [4.78, 5) is 21.8. The van der Waals surface area contributed by atoms with Crippen LogP contribution >= 0.6 is 11.6 Å². The van der Waals surface area contributed by atoms with Crippen molar-refractivity contribution in [3.8, 4) is 16.9 Å². The maximum atomic E-state index is 11.0. The molecule has 6 heteroatoms. The van der Waals surface area contributed by atoms with Crippen LogP contribution in [0.3, 0.4) is 0 Å². The van der Waals surface area contributed by atoms with Crippen LogP contribution in [0.15, 0.2) is 36.4 Å². The largest absolute Gasteiger partial charge is 0.507 e. The number of carboxylic acid groups (broad SMARTS) is 2. The Morgan fingerprint density at radius 2 is 1.40 bits per heavy atom. The molecule has 0 heterocycles. The molecule has 0 aliphatic heterocycles. The van der Waals surface area contributed by atoms with Crippen molar-refractivity contribution in [2.45, 2.75) is 0 Å². The summed E-state index contributed by atoms with van der Waals surface area (Å²) in [5.74, 6) is -2.79. The molecule has 0 radical (unpaired) electrons. The number of hydrogen-bond donors (Lipinski definition) is 3. The predicted octanol–water partition coefficient (Wildman–Crippen LogP) is 3.11. The van der Waals surface area contributed by atoms with Crippen LogP contribution in [0.5, 0.6) is 5.75 Å². The molecule has 0 fully saturated rings. The summed E-state index contributed by atoms with van der Waals surface area (Å²) >= 11 is 5.77. The second-order valence-corrected chi connectivity index (χ2v) is 4.44. The van der Waals surface area contributed by atoms with Crippen LogP contribution in [0.2, 0.25) is 5.02 Å². The molecule has 0 aromatic heterocycles. The number of rotatable bonds is 3. The van der Waals surface area contributed by atoms with Crippen molar-refractivity contribution in [2.75, 3.05) is 0 Å². The Morgan fingerprint density at radius 1 is 0.850 bits per heavy atom. The van der Waals surface area contributed by atoms with Gasteiger partial charge in [-0.05, 0) is 35.4 Å². The quantitative estimate of drug-likeness (QED) is 0.808. The average molecular weight is 293 g/mol. The minimum Gasteiger partial charge on any atom is -0.507 e. The lowest BCUT2D eigenvalue weighted by Gasteiger charge is -2.07. The SMILES string of the molecule is O=C(O)c1ccc(-c2ccc(Cl)c(C(=O)O)c2)cc1O. The molecular formula is C14H9ClO5. The van der Waals surface area contributed by atoms with Gasteiger partial charge in [0.25, 0.3) is 0 Å². The molecule has 3 N–H and O–H groups in total. The molecule has 2 aromatic rings. The van der Waals surface area contributed by atoms with Crippen molar-refractivity contribution in [1.82, 2.24) is 0 Å². The third kappa shape index (κ3) is 2.57. The zero-order valence-electron chi connectivity index (χ0n) is 10.0. The van der Waals surface area contributed by atoms with Gasteiger partial charge in [0, 0.05) is 0 Å². The van der Waals surface area contributed by atoms with Crippen molar-refractivity contribution in [3.63, 3.8) is 0 Å². The summed E-state index contributed by atoms with van der Waals surface area (Å²) in [7, 11) is 0. The molecule has 0 amide bonds. The maximum absolute atomic E-state index is 11.0. The Balaban J connectivity index is 2.52. The summed E-state index contributed by atoms with van der Waals surface area (Å²) in [5.41, 5.74) is 0.720. The lowest BCUT2D eigenvalue weighted by Crippen LogP contribution is -1.98. The van der Waals surface area contributed by atoms with Crippen LogP contribution in [0.25, 0.3) is 11.1 Å². The van der Waals surface area contributed by atoms with Crippen molar-refractivity contribution in [2.24, 2.45) is 0 Å². The predicted molar refractivity (Wildman–Crippen MR) is 72.5 cm³/mol. The van der Waals surface area contributed by atoms with Gasteiger partial charge in [0.15, 0.2) is 0 Å². The van der Waals surface area contributed by atoms with E-state index in [1.165, 1.54) is 30.3 Å². The highest BCUT2D eigenvalue weighted by molar-refractivity contribution is 6.33. The summed E-state index contributed by atoms with van der Waals surface area (Å²) < 4.78 is 0. The Bertz CT molecular complexity index is 709. The van der Waals surface area contributed by atoms with E-state index in [-0.39, 0.29) is 21.9 Å². The summed E-state index contributed by atoms with van der Waals surface area (Å²) in [5, 5.41) is 27.6. The van der Waals surface area contributed by atoms with E-state index in [1.54, 1.807) is 6.07 Å². The number of aromatic hydroxyl groups is 1. The molecule has 0 bridgehead atoms. The van der Waals surface area contributed by atoms with Crippen LogP contribution < -0.4 is 0 Å². The Morgan fingerprint density at radius 3 is 1.95 bits per heavy atom. The molecule has 0 saturated carbocycles. The first-order chi connectivity index (χ1) is 9.40. The Labute approximate surface area is 118 Å². The first-order valence-corrected chi connectivity index (χ1v) is 5.87. The third-order valence-electron chi connectivity index (χ3n) is 2.76. The van der Waals surface area contributed by atoms with Gasteiger partial charge in [0.1, 0.15) is 11.3 Å². The monoisotopic (exact) mass is 292 g/mol. The minimum atomic E-state index is -1.24. The second-order valence-electron chi connectivity index (χ2n) is 4.04. The molecule has 20 heavy (non-hydrogen) atoms. The van der Waals surface area contributed by atoms with Crippen LogP contribution in [-0.4, -0.2) is 27.3 Å². The Kier molecular flexibility index (Phi) is 3.63. The molecule has 0 aliphatic carbocycles. The van der Waals surface area contributed by atoms with Gasteiger partial charge in [-0.2, -0.15) is 0 Å². The number of carboxylic acids is 2. The fraction of sp³-hybridized carbons (Fsp3) is 0. The van der Waals surface area contributed by atoms with Crippen molar-refractivity contribution >= 4 is 23.5 Å². The maximum Gasteiger partial charge on any atom is 0.339 e. The molecule has 2 rings (SSSR count). The minimum absolute atomic E-state index is 0.0639. The smallest absolute Gasteiger partial charge is 0.339 e. The van der Waals surface area contributed by atoms with E-state index in [1.807, 2.05) is 0 Å². The van der Waals surface area contributed by atoms with Gasteiger partial charge < -0.3 is 15.3 Å². The van der Waals surface area contributed by atoms with Gasteiger partial charge in [0.2, 0.25) is 0 Å². The number of phenols is 1. The number of hydrogen-bond acceptors (Lipinski definition) is 3. The van der Waals surface area contributed by atoms with Crippen molar-refractivity contribution in [1.29, 1.82) is 0 Å². The highest BCUT2D eigenvalue weighted by atomic mass is 35.5. The molecule has 5 nitrogen and oxygen atoms in total. The molecule has 0 aliphatic rings. The van der Waals surface area contributed by atoms with Crippen molar-refractivity contribution < 1.29 is 24.9 Å². The number of aromatic carboxylic acids is 2. The van der Waals surface area contributed by atoms with E-state index in [0.717, 1.165) is 0 Å². The highest BCUT2D eigenvalue weighted by Gasteiger charge is 2.13. The van der Waals surface area contributed by atoms with Gasteiger partial charge in [-0.1, -0.05) is 23.7 Å². The molecule has 0 saturated heterocycles. The number of carbonyl (C=O) groups is 2. The summed E-state index contributed by atoms with van der Waals surface area (Å²) in [6.45, 7) is 0. The van der Waals surface area contributed by atoms with E-state index in [9.17, 15) is 14.7 Å². The second kappa shape index (κ2) is 5.22. The molecule has 0 atom stereocenters. The van der Waals surface area contributed by atoms with Crippen molar-refractivity contribution in [3.05, 3.63) is 52.5 Å². The lowest BCUT2D eigenvalue weighted by molar-refractivity contribution is 0.0684. The zero-order chi connectivity index (χ0) is 14.9. The van der Waals surface area contributed by atoms with E-state index in [2.05, 4.69) is 0 Å². The van der Waals surface area contributed by atoms with E-state index in [0.29, 0.717) is 11.1 Å². The van der Waals surface area contributed by atoms with Crippen LogP contribution in [0.4, 0.5) is 0 Å². The standard InChI is InChI=1S/C14H9ClO5/c15-11-4-2-7(5-10(11)14(19)20)8-1-3-9(13(17)18)12(16)6-8/h1-6,16H,(H,17,18)(H,19,20). The average Bonchev–Trinajstić information content (AvgIpc) is 2.38. The zero-order valence-corrected chi connectivity index (χ0v) is 10.8. The fourth-order valence-corrected chi connectivity index (χ4v) is 1.96. The van der Waals surface area contributed by atoms with Gasteiger partial charge in [-0.3, -0.25) is 0 Å². The number of halogens is 1. The van der Waals surface area contributed by atoms with Gasteiger partial charge in [0.05, 0.1) is 10.6 Å². The topological polar surface area (TPSA) is 94.8 Å². The van der Waals surface area contributed by atoms with Gasteiger partial charge >= 0.3 is 11.9 Å². The fourth-order valence-electron chi connectivity index (χ4n) is 1.76. The first kappa shape index (κ1) is 13.9. The molecule has 0 unspecified atom stereocenters. The van der Waals surface area contributed by atoms with Crippen LogP contribution in [0, 0.1) is 0 Å². The molecular weight excluding hydrogens is 284 g/mol. The summed E-state index contributed by atoms with van der Waals surface area (Å²) in [6.07, 6.45) is 0. The van der Waals surface area contributed by atoms with Crippen LogP contribution in [-0.2, 0) is 0 Å². The van der Waals surface area contributed by atoms with Gasteiger partial charge in [-0.25, -0.2) is 9.59 Å².